The molecule has 4 nitrogen and oxygen atoms in total. The van der Waals surface area contributed by atoms with Crippen molar-refractivity contribution >= 4 is 0 Å². The number of aromatic nitrogens is 1. The van der Waals surface area contributed by atoms with Gasteiger partial charge in [-0.15, -0.1) is 0 Å². The van der Waals surface area contributed by atoms with Crippen LogP contribution < -0.4 is 9.47 Å². The Kier molecular flexibility index (Phi) is 10.4. The molecule has 40 heavy (non-hydrogen) atoms. The van der Waals surface area contributed by atoms with Crippen molar-refractivity contribution in [1.82, 2.24) is 9.88 Å². The van der Waals surface area contributed by atoms with Gasteiger partial charge in [-0.25, -0.2) is 0 Å². The van der Waals surface area contributed by atoms with Crippen molar-refractivity contribution < 1.29 is 9.47 Å². The van der Waals surface area contributed by atoms with Crippen molar-refractivity contribution in [2.45, 2.75) is 73.1 Å². The van der Waals surface area contributed by atoms with Crippen molar-refractivity contribution in [2.75, 3.05) is 13.7 Å². The normalized spacial score (nSPS) is 11.3. The lowest BCUT2D eigenvalue weighted by Crippen LogP contribution is -2.27. The zero-order valence-corrected chi connectivity index (χ0v) is 25.0. The van der Waals surface area contributed by atoms with Crippen molar-refractivity contribution in [3.05, 3.63) is 112 Å². The molecule has 210 valence electrons. The summed E-state index contributed by atoms with van der Waals surface area (Å²) in [5.41, 5.74) is 9.59. The molecule has 0 aliphatic carbocycles. The maximum Gasteiger partial charge on any atom is 0.128 e. The average molecular weight is 537 g/mol. The Bertz CT molecular complexity index is 1360. The number of para-hydroxylation sites is 1. The van der Waals surface area contributed by atoms with Crippen LogP contribution in [0.1, 0.15) is 61.2 Å². The van der Waals surface area contributed by atoms with Crippen LogP contribution >= 0.6 is 0 Å². The first-order chi connectivity index (χ1) is 19.4. The third-order valence-electron chi connectivity index (χ3n) is 7.44. The fraction of sp³-hybridized carbons (Fsp3) is 0.361. The van der Waals surface area contributed by atoms with E-state index in [1.54, 1.807) is 7.11 Å². The second-order valence-corrected chi connectivity index (χ2v) is 10.7. The summed E-state index contributed by atoms with van der Waals surface area (Å²) in [6, 6.07) is 27.8. The van der Waals surface area contributed by atoms with Crippen LogP contribution in [0.3, 0.4) is 0 Å². The van der Waals surface area contributed by atoms with Crippen molar-refractivity contribution in [1.29, 1.82) is 0 Å². The Morgan fingerprint density at radius 2 is 1.43 bits per heavy atom. The van der Waals surface area contributed by atoms with E-state index in [1.165, 1.54) is 27.8 Å². The van der Waals surface area contributed by atoms with E-state index < -0.39 is 0 Å². The molecule has 0 fully saturated rings. The largest absolute Gasteiger partial charge is 0.496 e. The Morgan fingerprint density at radius 1 is 0.775 bits per heavy atom. The Balaban J connectivity index is 1.74. The minimum absolute atomic E-state index is 0.0625. The highest BCUT2D eigenvalue weighted by molar-refractivity contribution is 5.70. The molecule has 0 bridgehead atoms. The number of benzene rings is 3. The van der Waals surface area contributed by atoms with E-state index in [0.29, 0.717) is 0 Å². The molecule has 0 aliphatic rings. The van der Waals surface area contributed by atoms with Crippen LogP contribution in [0.4, 0.5) is 0 Å². The molecule has 0 N–H and O–H groups in total. The summed E-state index contributed by atoms with van der Waals surface area (Å²) < 4.78 is 12.2. The Labute approximate surface area is 241 Å². The standard InChI is InChI=1S/C36H44N2O2/c1-7-29-18-14-19-30(8-2)36(29)33-23-35(40-26(3)4)32(27(5)37-33)25-38(22-21-28-15-10-9-11-16-28)24-31-17-12-13-20-34(31)39-6/h9-20,23,26H,7-8,21-22,24-25H2,1-6H3. The highest BCUT2D eigenvalue weighted by Crippen LogP contribution is 2.34. The number of hydrogen-bond acceptors (Lipinski definition) is 4. The van der Waals surface area contributed by atoms with Crippen LogP contribution in [0.5, 0.6) is 11.5 Å². The number of hydrogen-bond donors (Lipinski definition) is 0. The number of nitrogens with zero attached hydrogens (tertiary/aromatic N) is 2. The smallest absolute Gasteiger partial charge is 0.128 e. The van der Waals surface area contributed by atoms with E-state index in [9.17, 15) is 0 Å². The molecule has 1 heterocycles. The number of methoxy groups -OCH3 is 1. The lowest BCUT2D eigenvalue weighted by atomic mass is 9.94. The van der Waals surface area contributed by atoms with Crippen LogP contribution in [0.25, 0.3) is 11.3 Å². The van der Waals surface area contributed by atoms with Crippen LogP contribution in [0, 0.1) is 6.92 Å². The van der Waals surface area contributed by atoms with Crippen LogP contribution in [0.15, 0.2) is 78.9 Å². The van der Waals surface area contributed by atoms with Gasteiger partial charge in [-0.05, 0) is 62.8 Å². The molecular weight excluding hydrogens is 492 g/mol. The molecule has 4 rings (SSSR count). The number of aryl methyl sites for hydroxylation is 3. The predicted octanol–water partition coefficient (Wildman–Crippen LogP) is 8.22. The minimum Gasteiger partial charge on any atom is -0.496 e. The van der Waals surface area contributed by atoms with Crippen LogP contribution in [0.2, 0.25) is 0 Å². The third-order valence-corrected chi connectivity index (χ3v) is 7.44. The first-order valence-corrected chi connectivity index (χ1v) is 14.6. The van der Waals surface area contributed by atoms with E-state index in [0.717, 1.165) is 67.3 Å². The van der Waals surface area contributed by atoms with E-state index in [1.807, 2.05) is 12.1 Å². The molecule has 0 radical (unpaired) electrons. The summed E-state index contributed by atoms with van der Waals surface area (Å²) in [4.78, 5) is 7.69. The van der Waals surface area contributed by atoms with Gasteiger partial charge < -0.3 is 9.47 Å². The molecule has 4 heteroatoms. The second-order valence-electron chi connectivity index (χ2n) is 10.7. The summed E-state index contributed by atoms with van der Waals surface area (Å²) in [5.74, 6) is 1.84. The van der Waals surface area contributed by atoms with Gasteiger partial charge in [0.2, 0.25) is 0 Å². The molecule has 0 amide bonds. The molecule has 4 aromatic rings. The fourth-order valence-electron chi connectivity index (χ4n) is 5.37. The van der Waals surface area contributed by atoms with Gasteiger partial charge >= 0.3 is 0 Å². The topological polar surface area (TPSA) is 34.6 Å². The van der Waals surface area contributed by atoms with E-state index in [-0.39, 0.29) is 6.10 Å². The van der Waals surface area contributed by atoms with Gasteiger partial charge in [0, 0.05) is 48.1 Å². The van der Waals surface area contributed by atoms with E-state index >= 15 is 0 Å². The van der Waals surface area contributed by atoms with Crippen LogP contribution in [-0.2, 0) is 32.4 Å². The molecule has 0 saturated carbocycles. The summed E-state index contributed by atoms with van der Waals surface area (Å²) in [5, 5.41) is 0. The first-order valence-electron chi connectivity index (χ1n) is 14.6. The number of rotatable bonds is 13. The van der Waals surface area contributed by atoms with Gasteiger partial charge in [-0.2, -0.15) is 0 Å². The lowest BCUT2D eigenvalue weighted by molar-refractivity contribution is 0.222. The minimum atomic E-state index is 0.0625. The molecular formula is C36H44N2O2. The van der Waals surface area contributed by atoms with Crippen LogP contribution in [-0.4, -0.2) is 29.6 Å². The zero-order valence-electron chi connectivity index (χ0n) is 25.0. The first kappa shape index (κ1) is 29.4. The summed E-state index contributed by atoms with van der Waals surface area (Å²) >= 11 is 0. The van der Waals surface area contributed by atoms with Crippen molar-refractivity contribution in [2.24, 2.45) is 0 Å². The molecule has 0 unspecified atom stereocenters. The third kappa shape index (κ3) is 7.31. The zero-order chi connectivity index (χ0) is 28.5. The predicted molar refractivity (Wildman–Crippen MR) is 166 cm³/mol. The summed E-state index contributed by atoms with van der Waals surface area (Å²) in [6.07, 6.45) is 2.97. The number of ether oxygens (including phenoxy) is 2. The van der Waals surface area contributed by atoms with Gasteiger partial charge in [-0.1, -0.05) is 80.6 Å². The van der Waals surface area contributed by atoms with Gasteiger partial charge in [0.15, 0.2) is 0 Å². The maximum atomic E-state index is 6.50. The summed E-state index contributed by atoms with van der Waals surface area (Å²) in [6.45, 7) is 13.2. The molecule has 3 aromatic carbocycles. The lowest BCUT2D eigenvalue weighted by Gasteiger charge is -2.26. The number of pyridine rings is 1. The Hall–Kier alpha value is -3.63. The van der Waals surface area contributed by atoms with Gasteiger partial charge in [0.05, 0.1) is 18.9 Å². The van der Waals surface area contributed by atoms with E-state index in [2.05, 4.69) is 106 Å². The molecule has 0 aliphatic heterocycles. The average Bonchev–Trinajstić information content (AvgIpc) is 2.97. The highest BCUT2D eigenvalue weighted by atomic mass is 16.5. The fourth-order valence-corrected chi connectivity index (χ4v) is 5.37. The molecule has 0 atom stereocenters. The quantitative estimate of drug-likeness (QED) is 0.172. The Morgan fingerprint density at radius 3 is 2.08 bits per heavy atom. The van der Waals surface area contributed by atoms with Crippen molar-refractivity contribution in [3.63, 3.8) is 0 Å². The summed E-state index contributed by atoms with van der Waals surface area (Å²) in [7, 11) is 1.74. The van der Waals surface area contributed by atoms with Gasteiger partial charge in [0.1, 0.15) is 11.5 Å². The SMILES string of the molecule is CCc1cccc(CC)c1-c1cc(OC(C)C)c(CN(CCc2ccccc2)Cc2ccccc2OC)c(C)n1. The molecule has 0 spiro atoms. The molecule has 1 aromatic heterocycles. The van der Waals surface area contributed by atoms with Gasteiger partial charge in [-0.3, -0.25) is 9.88 Å². The monoisotopic (exact) mass is 536 g/mol. The van der Waals surface area contributed by atoms with E-state index in [4.69, 9.17) is 14.5 Å². The van der Waals surface area contributed by atoms with Crippen molar-refractivity contribution in [3.8, 4) is 22.8 Å². The van der Waals surface area contributed by atoms with Gasteiger partial charge in [0.25, 0.3) is 0 Å². The highest BCUT2D eigenvalue weighted by Gasteiger charge is 2.20. The molecule has 0 saturated heterocycles. The second kappa shape index (κ2) is 14.1. The maximum absolute atomic E-state index is 6.50.